The number of nitrogens with zero attached hydrogens (tertiary/aromatic N) is 2. The molecule has 0 radical (unpaired) electrons. The zero-order valence-corrected chi connectivity index (χ0v) is 12.9. The molecule has 0 fully saturated rings. The second-order valence-corrected chi connectivity index (χ2v) is 5.67. The largest absolute Gasteiger partial charge is 0.385 e. The third-order valence-corrected chi connectivity index (χ3v) is 3.77. The van der Waals surface area contributed by atoms with Crippen LogP contribution in [0.25, 0.3) is 0 Å². The molecule has 0 spiro atoms. The normalized spacial score (nSPS) is 18.1. The van der Waals surface area contributed by atoms with Crippen molar-refractivity contribution >= 4 is 27.5 Å². The van der Waals surface area contributed by atoms with Gasteiger partial charge in [-0.25, -0.2) is 4.99 Å². The number of anilines is 1. The van der Waals surface area contributed by atoms with E-state index < -0.39 is 0 Å². The van der Waals surface area contributed by atoms with E-state index in [0.717, 1.165) is 15.7 Å². The van der Waals surface area contributed by atoms with Crippen LogP contribution in [-0.4, -0.2) is 5.84 Å². The first kappa shape index (κ1) is 13.7. The molecule has 0 aromatic heterocycles. The van der Waals surface area contributed by atoms with Crippen molar-refractivity contribution in [3.8, 4) is 0 Å². The summed E-state index contributed by atoms with van der Waals surface area (Å²) in [4.78, 5) is 6.51. The van der Waals surface area contributed by atoms with Crippen molar-refractivity contribution < 1.29 is 0 Å². The van der Waals surface area contributed by atoms with E-state index in [1.54, 1.807) is 6.08 Å². The molecule has 0 saturated heterocycles. The van der Waals surface area contributed by atoms with Gasteiger partial charge in [0, 0.05) is 16.2 Å². The quantitative estimate of drug-likeness (QED) is 0.880. The third-order valence-electron chi connectivity index (χ3n) is 3.27. The van der Waals surface area contributed by atoms with Gasteiger partial charge in [-0.1, -0.05) is 52.3 Å². The minimum Gasteiger partial charge on any atom is -0.385 e. The molecule has 0 amide bonds. The second-order valence-electron chi connectivity index (χ2n) is 4.76. The minimum atomic E-state index is -0.259. The lowest BCUT2D eigenvalue weighted by Gasteiger charge is -2.34. The highest BCUT2D eigenvalue weighted by atomic mass is 79.9. The molecule has 0 aliphatic carbocycles. The molecule has 1 aliphatic heterocycles. The average Bonchev–Trinajstić information content (AvgIpc) is 2.47. The zero-order valence-electron chi connectivity index (χ0n) is 11.3. The van der Waals surface area contributed by atoms with Gasteiger partial charge in [0.1, 0.15) is 11.7 Å². The van der Waals surface area contributed by atoms with E-state index in [4.69, 9.17) is 11.5 Å². The van der Waals surface area contributed by atoms with Gasteiger partial charge in [0.05, 0.1) is 0 Å². The van der Waals surface area contributed by atoms with Gasteiger partial charge in [-0.05, 0) is 23.8 Å². The SMILES string of the molecule is NC1=CC(N)=N[C@H](c2ccccc2)N1c1cccc(Br)c1. The number of hydrogen-bond donors (Lipinski definition) is 2. The summed E-state index contributed by atoms with van der Waals surface area (Å²) in [7, 11) is 0. The lowest BCUT2D eigenvalue weighted by molar-refractivity contribution is 0.692. The fourth-order valence-corrected chi connectivity index (χ4v) is 2.75. The lowest BCUT2D eigenvalue weighted by Crippen LogP contribution is -2.36. The van der Waals surface area contributed by atoms with Crippen LogP contribution in [0.3, 0.4) is 0 Å². The average molecular weight is 343 g/mol. The van der Waals surface area contributed by atoms with Crippen molar-refractivity contribution in [2.45, 2.75) is 6.17 Å². The summed E-state index contributed by atoms with van der Waals surface area (Å²) in [6, 6.07) is 17.9. The van der Waals surface area contributed by atoms with E-state index in [1.165, 1.54) is 0 Å². The molecule has 3 rings (SSSR count). The van der Waals surface area contributed by atoms with E-state index in [2.05, 4.69) is 20.9 Å². The van der Waals surface area contributed by atoms with Crippen LogP contribution in [0.2, 0.25) is 0 Å². The van der Waals surface area contributed by atoms with Gasteiger partial charge < -0.3 is 16.4 Å². The molecule has 1 heterocycles. The van der Waals surface area contributed by atoms with Crippen molar-refractivity contribution in [2.24, 2.45) is 16.5 Å². The van der Waals surface area contributed by atoms with Crippen LogP contribution in [0.5, 0.6) is 0 Å². The number of aliphatic imine (C=N–C) groups is 1. The van der Waals surface area contributed by atoms with Crippen LogP contribution in [-0.2, 0) is 0 Å². The zero-order chi connectivity index (χ0) is 14.8. The third kappa shape index (κ3) is 2.78. The summed E-state index contributed by atoms with van der Waals surface area (Å²) < 4.78 is 0.988. The van der Waals surface area contributed by atoms with Gasteiger partial charge in [-0.15, -0.1) is 0 Å². The van der Waals surface area contributed by atoms with Gasteiger partial charge in [0.2, 0.25) is 0 Å². The Balaban J connectivity index is 2.09. The molecule has 21 heavy (non-hydrogen) atoms. The van der Waals surface area contributed by atoms with Gasteiger partial charge >= 0.3 is 0 Å². The maximum atomic E-state index is 6.19. The maximum Gasteiger partial charge on any atom is 0.154 e. The molecule has 4 nitrogen and oxygen atoms in total. The summed E-state index contributed by atoms with van der Waals surface area (Å²) in [6.45, 7) is 0. The van der Waals surface area contributed by atoms with Crippen LogP contribution in [0, 0.1) is 0 Å². The number of hydrogen-bond acceptors (Lipinski definition) is 4. The maximum absolute atomic E-state index is 6.19. The molecular weight excluding hydrogens is 328 g/mol. The molecule has 0 bridgehead atoms. The Kier molecular flexibility index (Phi) is 3.66. The van der Waals surface area contributed by atoms with Crippen LogP contribution >= 0.6 is 15.9 Å². The number of rotatable bonds is 2. The van der Waals surface area contributed by atoms with Gasteiger partial charge in [-0.3, -0.25) is 0 Å². The summed E-state index contributed by atoms with van der Waals surface area (Å²) >= 11 is 3.49. The van der Waals surface area contributed by atoms with E-state index in [9.17, 15) is 0 Å². The molecular formula is C16H15BrN4. The fraction of sp³-hybridized carbons (Fsp3) is 0.0625. The molecule has 1 atom stereocenters. The Morgan fingerprint density at radius 2 is 1.76 bits per heavy atom. The van der Waals surface area contributed by atoms with Crippen LogP contribution in [0.15, 0.2) is 76.0 Å². The first-order chi connectivity index (χ1) is 10.1. The Morgan fingerprint density at radius 1 is 1.00 bits per heavy atom. The van der Waals surface area contributed by atoms with E-state index in [1.807, 2.05) is 59.5 Å². The van der Waals surface area contributed by atoms with Crippen molar-refractivity contribution in [2.75, 3.05) is 4.90 Å². The second kappa shape index (κ2) is 5.61. The molecule has 4 N–H and O–H groups in total. The number of nitrogens with two attached hydrogens (primary N) is 2. The van der Waals surface area contributed by atoms with Crippen LogP contribution in [0.4, 0.5) is 5.69 Å². The Morgan fingerprint density at radius 3 is 2.48 bits per heavy atom. The Bertz CT molecular complexity index is 709. The van der Waals surface area contributed by atoms with Crippen molar-refractivity contribution in [1.29, 1.82) is 0 Å². The number of benzene rings is 2. The standard InChI is InChI=1S/C16H15BrN4/c17-12-7-4-8-13(9-12)21-15(19)10-14(18)20-16(21)11-5-2-1-3-6-11/h1-10,16H,19H2,(H2,18,20)/t16-/m0/s1. The van der Waals surface area contributed by atoms with Crippen LogP contribution in [0.1, 0.15) is 11.7 Å². The predicted octanol–water partition coefficient (Wildman–Crippen LogP) is 3.13. The number of amidine groups is 1. The van der Waals surface area contributed by atoms with Gasteiger partial charge in [-0.2, -0.15) is 0 Å². The fourth-order valence-electron chi connectivity index (χ4n) is 2.36. The number of halogens is 1. The summed E-state index contributed by atoms with van der Waals surface area (Å²) in [5.41, 5.74) is 14.1. The molecule has 1 aliphatic rings. The van der Waals surface area contributed by atoms with E-state index in [0.29, 0.717) is 11.7 Å². The smallest absolute Gasteiger partial charge is 0.154 e. The highest BCUT2D eigenvalue weighted by Gasteiger charge is 2.25. The molecule has 0 unspecified atom stereocenters. The Hall–Kier alpha value is -2.27. The van der Waals surface area contributed by atoms with Crippen LogP contribution < -0.4 is 16.4 Å². The van der Waals surface area contributed by atoms with Crippen molar-refractivity contribution in [3.63, 3.8) is 0 Å². The lowest BCUT2D eigenvalue weighted by atomic mass is 10.1. The highest BCUT2D eigenvalue weighted by molar-refractivity contribution is 9.10. The molecule has 2 aromatic carbocycles. The monoisotopic (exact) mass is 342 g/mol. The molecule has 2 aromatic rings. The highest BCUT2D eigenvalue weighted by Crippen LogP contribution is 2.33. The Labute approximate surface area is 131 Å². The summed E-state index contributed by atoms with van der Waals surface area (Å²) in [5.74, 6) is 1.02. The predicted molar refractivity (Wildman–Crippen MR) is 89.7 cm³/mol. The topological polar surface area (TPSA) is 67.6 Å². The molecule has 5 heteroatoms. The first-order valence-electron chi connectivity index (χ1n) is 6.55. The minimum absolute atomic E-state index is 0.259. The van der Waals surface area contributed by atoms with Gasteiger partial charge in [0.25, 0.3) is 0 Å². The van der Waals surface area contributed by atoms with Gasteiger partial charge in [0.15, 0.2) is 6.17 Å². The first-order valence-corrected chi connectivity index (χ1v) is 7.34. The molecule has 106 valence electrons. The van der Waals surface area contributed by atoms with E-state index in [-0.39, 0.29) is 6.17 Å². The summed E-state index contributed by atoms with van der Waals surface area (Å²) in [6.07, 6.45) is 1.42. The van der Waals surface area contributed by atoms with Crippen molar-refractivity contribution in [1.82, 2.24) is 0 Å². The van der Waals surface area contributed by atoms with Crippen molar-refractivity contribution in [3.05, 3.63) is 76.5 Å². The van der Waals surface area contributed by atoms with E-state index >= 15 is 0 Å². The summed E-state index contributed by atoms with van der Waals surface area (Å²) in [5, 5.41) is 0. The molecule has 0 saturated carbocycles.